The lowest BCUT2D eigenvalue weighted by Gasteiger charge is -2.11. The molecule has 1 N–H and O–H groups in total. The minimum Gasteiger partial charge on any atom is -0.472 e. The molecular formula is C11H9BrF2N2O2. The molecule has 96 valence electrons. The molecule has 0 aliphatic heterocycles. The van der Waals surface area contributed by atoms with Crippen LogP contribution in [0.2, 0.25) is 0 Å². The predicted octanol–water partition coefficient (Wildman–Crippen LogP) is 3.40. The van der Waals surface area contributed by atoms with E-state index in [4.69, 9.17) is 9.94 Å². The van der Waals surface area contributed by atoms with Crippen molar-refractivity contribution in [3.63, 3.8) is 0 Å². The van der Waals surface area contributed by atoms with Crippen molar-refractivity contribution in [3.8, 4) is 5.88 Å². The highest BCUT2D eigenvalue weighted by Crippen LogP contribution is 2.29. The Bertz CT molecular complexity index is 546. The van der Waals surface area contributed by atoms with Crippen LogP contribution in [0.15, 0.2) is 34.9 Å². The van der Waals surface area contributed by atoms with E-state index in [1.165, 1.54) is 24.4 Å². The van der Waals surface area contributed by atoms with Gasteiger partial charge in [-0.1, -0.05) is 33.2 Å². The first kappa shape index (κ1) is 12.8. The first-order chi connectivity index (χ1) is 8.58. The third-order valence-corrected chi connectivity index (χ3v) is 3.05. The fourth-order valence-electron chi connectivity index (χ4n) is 1.45. The molecular weight excluding hydrogens is 310 g/mol. The maximum Gasteiger partial charge on any atom is 0.264 e. The van der Waals surface area contributed by atoms with Gasteiger partial charge in [-0.05, 0) is 6.07 Å². The summed E-state index contributed by atoms with van der Waals surface area (Å²) in [6, 6.07) is 5.98. The van der Waals surface area contributed by atoms with Crippen LogP contribution in [-0.2, 0) is 6.61 Å². The van der Waals surface area contributed by atoms with Crippen LogP contribution in [0.3, 0.4) is 0 Å². The average molecular weight is 319 g/mol. The Labute approximate surface area is 110 Å². The van der Waals surface area contributed by atoms with Crippen molar-refractivity contribution in [2.45, 2.75) is 13.0 Å². The summed E-state index contributed by atoms with van der Waals surface area (Å²) in [4.78, 5) is 0.587. The molecule has 1 aromatic carbocycles. The first-order valence-electron chi connectivity index (χ1n) is 5.01. The number of aromatic nitrogens is 2. The van der Waals surface area contributed by atoms with Crippen molar-refractivity contribution >= 4 is 15.9 Å². The summed E-state index contributed by atoms with van der Waals surface area (Å²) in [5.41, 5.74) is 0.271. The maximum absolute atomic E-state index is 12.8. The molecule has 1 aromatic heterocycles. The van der Waals surface area contributed by atoms with Gasteiger partial charge < -0.3 is 9.94 Å². The topological polar surface area (TPSA) is 47.3 Å². The zero-order valence-electron chi connectivity index (χ0n) is 9.05. The largest absolute Gasteiger partial charge is 0.472 e. The van der Waals surface area contributed by atoms with Crippen molar-refractivity contribution in [1.82, 2.24) is 9.94 Å². The van der Waals surface area contributed by atoms with Crippen LogP contribution in [0.5, 0.6) is 5.88 Å². The highest BCUT2D eigenvalue weighted by atomic mass is 79.9. The van der Waals surface area contributed by atoms with Crippen LogP contribution in [0.25, 0.3) is 0 Å². The smallest absolute Gasteiger partial charge is 0.264 e. The lowest BCUT2D eigenvalue weighted by molar-refractivity contribution is 0.138. The van der Waals surface area contributed by atoms with Gasteiger partial charge in [-0.15, -0.1) is 4.85 Å². The Balaban J connectivity index is 2.18. The fraction of sp³-hybridized carbons (Fsp3) is 0.182. The van der Waals surface area contributed by atoms with E-state index < -0.39 is 6.43 Å². The number of ether oxygens (including phenoxy) is 1. The molecule has 18 heavy (non-hydrogen) atoms. The predicted molar refractivity (Wildman–Crippen MR) is 62.8 cm³/mol. The summed E-state index contributed by atoms with van der Waals surface area (Å²) in [5, 5.41) is 12.5. The maximum atomic E-state index is 12.8. The van der Waals surface area contributed by atoms with E-state index in [1.54, 1.807) is 6.07 Å². The molecule has 2 rings (SSSR count). The monoisotopic (exact) mass is 318 g/mol. The van der Waals surface area contributed by atoms with Gasteiger partial charge in [-0.2, -0.15) is 0 Å². The van der Waals surface area contributed by atoms with Gasteiger partial charge in [0.1, 0.15) is 6.61 Å². The van der Waals surface area contributed by atoms with E-state index in [9.17, 15) is 8.78 Å². The van der Waals surface area contributed by atoms with Crippen LogP contribution in [-0.4, -0.2) is 15.2 Å². The standard InChI is InChI=1S/C11H9BrF2N2O2/c12-9-3-1-2-7(11(13)14)8(9)6-18-10-4-5-16(17)15-10/h1-5,11,17H,6H2. The molecule has 0 amide bonds. The molecule has 0 radical (unpaired) electrons. The molecule has 1 heterocycles. The summed E-state index contributed by atoms with van der Waals surface area (Å²) < 4.78 is 31.4. The SMILES string of the molecule is On1ccc(OCc2c(Br)cccc2C(F)F)n1. The molecule has 0 aliphatic carbocycles. The molecule has 0 aliphatic rings. The van der Waals surface area contributed by atoms with Gasteiger partial charge in [-0.3, -0.25) is 0 Å². The summed E-state index contributed by atoms with van der Waals surface area (Å²) >= 11 is 3.21. The molecule has 4 nitrogen and oxygen atoms in total. The molecule has 0 bridgehead atoms. The number of alkyl halides is 2. The Kier molecular flexibility index (Phi) is 3.81. The lowest BCUT2D eigenvalue weighted by atomic mass is 10.1. The van der Waals surface area contributed by atoms with Gasteiger partial charge >= 0.3 is 0 Å². The molecule has 0 atom stereocenters. The molecule has 0 fully saturated rings. The van der Waals surface area contributed by atoms with E-state index in [0.717, 1.165) is 0 Å². The van der Waals surface area contributed by atoms with E-state index in [2.05, 4.69) is 21.0 Å². The first-order valence-corrected chi connectivity index (χ1v) is 5.80. The summed E-state index contributed by atoms with van der Waals surface area (Å²) in [5.74, 6) is 0.161. The quantitative estimate of drug-likeness (QED) is 0.879. The number of halogens is 3. The molecule has 2 aromatic rings. The fourth-order valence-corrected chi connectivity index (χ4v) is 1.95. The van der Waals surface area contributed by atoms with Crippen molar-refractivity contribution < 1.29 is 18.7 Å². The van der Waals surface area contributed by atoms with Crippen molar-refractivity contribution in [2.75, 3.05) is 0 Å². The lowest BCUT2D eigenvalue weighted by Crippen LogP contribution is -2.02. The number of nitrogens with zero attached hydrogens (tertiary/aromatic N) is 2. The van der Waals surface area contributed by atoms with Gasteiger partial charge in [0.2, 0.25) is 5.88 Å². The average Bonchev–Trinajstić information content (AvgIpc) is 2.73. The molecule has 0 saturated heterocycles. The third kappa shape index (κ3) is 2.79. The van der Waals surface area contributed by atoms with Gasteiger partial charge in [0.25, 0.3) is 6.43 Å². The molecule has 7 heteroatoms. The zero-order chi connectivity index (χ0) is 13.1. The van der Waals surface area contributed by atoms with Gasteiger partial charge in [0.05, 0.1) is 6.20 Å². The minimum atomic E-state index is -2.57. The highest BCUT2D eigenvalue weighted by Gasteiger charge is 2.15. The number of hydrogen-bond donors (Lipinski definition) is 1. The third-order valence-electron chi connectivity index (χ3n) is 2.31. The molecule has 0 spiro atoms. The summed E-state index contributed by atoms with van der Waals surface area (Å²) in [6.07, 6.45) is -1.29. The van der Waals surface area contributed by atoms with Crippen molar-refractivity contribution in [1.29, 1.82) is 0 Å². The van der Waals surface area contributed by atoms with E-state index in [1.807, 2.05) is 0 Å². The Hall–Kier alpha value is -1.63. The second-order valence-corrected chi connectivity index (χ2v) is 4.33. The van der Waals surface area contributed by atoms with E-state index >= 15 is 0 Å². The Morgan fingerprint density at radius 2 is 2.17 bits per heavy atom. The van der Waals surface area contributed by atoms with Crippen LogP contribution >= 0.6 is 15.9 Å². The van der Waals surface area contributed by atoms with Gasteiger partial charge in [-0.25, -0.2) is 8.78 Å². The normalized spacial score (nSPS) is 10.9. The van der Waals surface area contributed by atoms with Gasteiger partial charge in [0.15, 0.2) is 0 Å². The number of hydrogen-bond acceptors (Lipinski definition) is 3. The van der Waals surface area contributed by atoms with Crippen molar-refractivity contribution in [2.24, 2.45) is 0 Å². The van der Waals surface area contributed by atoms with Crippen molar-refractivity contribution in [3.05, 3.63) is 46.1 Å². The summed E-state index contributed by atoms with van der Waals surface area (Å²) in [7, 11) is 0. The second kappa shape index (κ2) is 5.34. The van der Waals surface area contributed by atoms with Crippen LogP contribution in [0.1, 0.15) is 17.6 Å². The zero-order valence-corrected chi connectivity index (χ0v) is 10.6. The van der Waals surface area contributed by atoms with Crippen LogP contribution < -0.4 is 4.74 Å². The molecule has 0 saturated carbocycles. The highest BCUT2D eigenvalue weighted by molar-refractivity contribution is 9.10. The summed E-state index contributed by atoms with van der Waals surface area (Å²) in [6.45, 7) is -0.0574. The minimum absolute atomic E-state index is 0.0574. The number of benzene rings is 1. The second-order valence-electron chi connectivity index (χ2n) is 3.47. The van der Waals surface area contributed by atoms with Gasteiger partial charge in [0, 0.05) is 21.7 Å². The Morgan fingerprint density at radius 1 is 1.39 bits per heavy atom. The Morgan fingerprint density at radius 3 is 2.78 bits per heavy atom. The van der Waals surface area contributed by atoms with E-state index in [-0.39, 0.29) is 18.1 Å². The number of rotatable bonds is 4. The van der Waals surface area contributed by atoms with E-state index in [0.29, 0.717) is 14.9 Å². The van der Waals surface area contributed by atoms with Crippen LogP contribution in [0.4, 0.5) is 8.78 Å². The molecule has 0 unspecified atom stereocenters. The van der Waals surface area contributed by atoms with Crippen LogP contribution in [0, 0.1) is 0 Å².